The summed E-state index contributed by atoms with van der Waals surface area (Å²) in [6, 6.07) is 8.90. The quantitative estimate of drug-likeness (QED) is 0.163. The highest BCUT2D eigenvalue weighted by molar-refractivity contribution is 6.32. The number of alkyl halides is 4. The number of benzene rings is 2. The molecule has 0 fully saturated rings. The van der Waals surface area contributed by atoms with Gasteiger partial charge in [-0.2, -0.15) is 19.0 Å². The zero-order valence-corrected chi connectivity index (χ0v) is 22.4. The van der Waals surface area contributed by atoms with Crippen molar-refractivity contribution in [1.29, 1.82) is 0 Å². The Kier molecular flexibility index (Phi) is 9.05. The van der Waals surface area contributed by atoms with Crippen LogP contribution in [0, 0.1) is 0 Å². The van der Waals surface area contributed by atoms with Crippen LogP contribution < -0.4 is 11.5 Å². The van der Waals surface area contributed by atoms with Gasteiger partial charge in [0.25, 0.3) is 12.3 Å². The fourth-order valence-electron chi connectivity index (χ4n) is 4.02. The number of aromatic nitrogens is 5. The number of aliphatic imine (C=N–C) groups is 1. The van der Waals surface area contributed by atoms with E-state index in [0.717, 1.165) is 22.1 Å². The molecule has 12 nitrogen and oxygen atoms in total. The Labute approximate surface area is 240 Å². The zero-order chi connectivity index (χ0) is 30.6. The Morgan fingerprint density at radius 3 is 2.38 bits per heavy atom. The topological polar surface area (TPSA) is 160 Å². The van der Waals surface area contributed by atoms with Crippen molar-refractivity contribution in [2.45, 2.75) is 19.0 Å². The summed E-state index contributed by atoms with van der Waals surface area (Å²) in [5.74, 6) is -1.66. The lowest BCUT2D eigenvalue weighted by Gasteiger charge is -2.31. The fourth-order valence-corrected chi connectivity index (χ4v) is 4.21. The molecule has 0 spiro atoms. The molecule has 2 aromatic heterocycles. The number of carbonyl (C=O) groups is 2. The minimum atomic E-state index is -2.98. The number of ether oxygens (including phenoxy) is 1. The van der Waals surface area contributed by atoms with E-state index in [9.17, 15) is 27.2 Å². The van der Waals surface area contributed by atoms with Gasteiger partial charge in [-0.05, 0) is 35.4 Å². The van der Waals surface area contributed by atoms with Crippen molar-refractivity contribution in [3.63, 3.8) is 0 Å². The molecule has 0 saturated carbocycles. The molecule has 0 aliphatic carbocycles. The van der Waals surface area contributed by atoms with Crippen molar-refractivity contribution in [2.75, 3.05) is 13.7 Å². The molecule has 17 heteroatoms. The summed E-state index contributed by atoms with van der Waals surface area (Å²) in [6.45, 7) is -3.33. The number of amides is 2. The van der Waals surface area contributed by atoms with E-state index in [1.54, 1.807) is 0 Å². The van der Waals surface area contributed by atoms with Crippen LogP contribution in [0.4, 0.5) is 22.4 Å². The van der Waals surface area contributed by atoms with Crippen LogP contribution in [0.5, 0.6) is 0 Å². The SMILES string of the molecule is CN=C(N)N(C(=O)c1ccc(-c2cnn(C(F)F)c2)cc1)[C@H](COC(N)=O)c1ccc(Cl)c(-n2ncnc2C(F)F)c1. The van der Waals surface area contributed by atoms with Crippen molar-refractivity contribution in [3.8, 4) is 16.8 Å². The second-order valence-corrected chi connectivity index (χ2v) is 8.92. The Morgan fingerprint density at radius 2 is 1.79 bits per heavy atom. The first-order chi connectivity index (χ1) is 20.0. The van der Waals surface area contributed by atoms with Gasteiger partial charge >= 0.3 is 12.6 Å². The lowest BCUT2D eigenvalue weighted by molar-refractivity contribution is 0.0566. The minimum absolute atomic E-state index is 0.000790. The van der Waals surface area contributed by atoms with E-state index in [4.69, 9.17) is 27.8 Å². The van der Waals surface area contributed by atoms with Crippen LogP contribution in [-0.2, 0) is 4.74 Å². The lowest BCUT2D eigenvalue weighted by Crippen LogP contribution is -2.46. The molecular weight excluding hydrogens is 586 g/mol. The van der Waals surface area contributed by atoms with Crippen LogP contribution >= 0.6 is 11.6 Å². The van der Waals surface area contributed by atoms with Crippen LogP contribution in [0.2, 0.25) is 5.02 Å². The molecule has 4 aromatic rings. The standard InChI is InChI=1S/C25H22ClF4N9O3/c1-33-24(31)38(22(40)14-4-2-13(3-5-14)16-9-35-37(10-16)23(29)30)19(11-42-25(32)41)15-6-7-17(26)18(8-15)39-21(20(27)28)34-12-36-39/h2-10,12,19-20,23H,11H2,1H3,(H2,31,33)(H2,32,41)/t19-/m1/s1. The first-order valence-corrected chi connectivity index (χ1v) is 12.3. The van der Waals surface area contributed by atoms with Crippen molar-refractivity contribution in [2.24, 2.45) is 16.5 Å². The van der Waals surface area contributed by atoms with E-state index in [1.807, 2.05) is 0 Å². The van der Waals surface area contributed by atoms with Gasteiger partial charge in [0.15, 0.2) is 11.8 Å². The summed E-state index contributed by atoms with van der Waals surface area (Å²) in [7, 11) is 1.32. The molecule has 0 unspecified atom stereocenters. The van der Waals surface area contributed by atoms with Gasteiger partial charge in [-0.25, -0.2) is 27.9 Å². The Balaban J connectivity index is 1.75. The number of hydrogen-bond donors (Lipinski definition) is 2. The molecule has 220 valence electrons. The van der Waals surface area contributed by atoms with Crippen LogP contribution in [-0.4, -0.2) is 61.1 Å². The van der Waals surface area contributed by atoms with Gasteiger partial charge < -0.3 is 16.2 Å². The highest BCUT2D eigenvalue weighted by Crippen LogP contribution is 2.31. The first-order valence-electron chi connectivity index (χ1n) is 11.9. The zero-order valence-electron chi connectivity index (χ0n) is 21.6. The van der Waals surface area contributed by atoms with Gasteiger partial charge in [0.2, 0.25) is 0 Å². The Hall–Kier alpha value is -4.99. The molecule has 0 saturated heterocycles. The maximum atomic E-state index is 13.8. The summed E-state index contributed by atoms with van der Waals surface area (Å²) in [4.78, 5) is 33.8. The van der Waals surface area contributed by atoms with Gasteiger partial charge in [-0.15, -0.1) is 0 Å². The number of carbonyl (C=O) groups excluding carboxylic acids is 2. The molecule has 42 heavy (non-hydrogen) atoms. The number of rotatable bonds is 9. The van der Waals surface area contributed by atoms with Crippen molar-refractivity contribution in [3.05, 3.63) is 83.2 Å². The predicted octanol–water partition coefficient (Wildman–Crippen LogP) is 4.34. The maximum Gasteiger partial charge on any atom is 0.404 e. The average Bonchev–Trinajstić information content (AvgIpc) is 3.66. The number of primary amides is 1. The number of nitrogens with two attached hydrogens (primary N) is 2. The van der Waals surface area contributed by atoms with Crippen molar-refractivity contribution < 1.29 is 31.9 Å². The van der Waals surface area contributed by atoms with E-state index in [0.29, 0.717) is 15.8 Å². The van der Waals surface area contributed by atoms with Crippen molar-refractivity contribution >= 4 is 29.6 Å². The van der Waals surface area contributed by atoms with E-state index >= 15 is 0 Å². The largest absolute Gasteiger partial charge is 0.447 e. The molecule has 1 atom stereocenters. The van der Waals surface area contributed by atoms with E-state index in [-0.39, 0.29) is 27.8 Å². The normalized spacial score (nSPS) is 12.5. The molecule has 4 N–H and O–H groups in total. The van der Waals surface area contributed by atoms with Crippen LogP contribution in [0.25, 0.3) is 16.8 Å². The van der Waals surface area contributed by atoms with Crippen LogP contribution in [0.3, 0.4) is 0 Å². The van der Waals surface area contributed by atoms with Gasteiger partial charge in [-0.1, -0.05) is 29.8 Å². The van der Waals surface area contributed by atoms with E-state index in [1.165, 1.54) is 55.7 Å². The maximum absolute atomic E-state index is 13.8. The average molecular weight is 608 g/mol. The Morgan fingerprint density at radius 1 is 1.07 bits per heavy atom. The van der Waals surface area contributed by atoms with E-state index < -0.39 is 43.4 Å². The molecule has 2 aromatic carbocycles. The second-order valence-electron chi connectivity index (χ2n) is 8.51. The summed E-state index contributed by atoms with van der Waals surface area (Å²) in [6.07, 6.45) is -0.800. The fraction of sp³-hybridized carbons (Fsp3) is 0.200. The third-order valence-corrected chi connectivity index (χ3v) is 6.33. The van der Waals surface area contributed by atoms with Gasteiger partial charge in [0, 0.05) is 24.4 Å². The number of guanidine groups is 1. The molecular formula is C25H22ClF4N9O3. The molecule has 0 bridgehead atoms. The molecule has 0 aliphatic rings. The van der Waals surface area contributed by atoms with Crippen LogP contribution in [0.1, 0.15) is 40.8 Å². The molecule has 2 amide bonds. The molecule has 0 aliphatic heterocycles. The van der Waals surface area contributed by atoms with Gasteiger partial charge in [0.05, 0.1) is 22.9 Å². The number of nitrogens with zero attached hydrogens (tertiary/aromatic N) is 7. The second kappa shape index (κ2) is 12.7. The van der Waals surface area contributed by atoms with Gasteiger partial charge in [-0.3, -0.25) is 14.7 Å². The van der Waals surface area contributed by atoms with Crippen LogP contribution in [0.15, 0.2) is 66.2 Å². The summed E-state index contributed by atoms with van der Waals surface area (Å²) < 4.78 is 59.2. The minimum Gasteiger partial charge on any atom is -0.447 e. The lowest BCUT2D eigenvalue weighted by atomic mass is 10.0. The predicted molar refractivity (Wildman–Crippen MR) is 142 cm³/mol. The smallest absolute Gasteiger partial charge is 0.404 e. The monoisotopic (exact) mass is 607 g/mol. The molecule has 2 heterocycles. The summed E-state index contributed by atoms with van der Waals surface area (Å²) >= 11 is 6.29. The number of halogens is 5. The summed E-state index contributed by atoms with van der Waals surface area (Å²) in [5, 5.41) is 7.45. The summed E-state index contributed by atoms with van der Waals surface area (Å²) in [5.41, 5.74) is 12.5. The Bertz CT molecular complexity index is 1610. The highest BCUT2D eigenvalue weighted by atomic mass is 35.5. The highest BCUT2D eigenvalue weighted by Gasteiger charge is 2.31. The molecule has 0 radical (unpaired) electrons. The van der Waals surface area contributed by atoms with E-state index in [2.05, 4.69) is 20.2 Å². The number of hydrogen-bond acceptors (Lipinski definition) is 7. The first kappa shape index (κ1) is 30.0. The third kappa shape index (κ3) is 6.33. The van der Waals surface area contributed by atoms with Gasteiger partial charge in [0.1, 0.15) is 12.9 Å². The van der Waals surface area contributed by atoms with Crippen molar-refractivity contribution in [1.82, 2.24) is 29.4 Å². The molecule has 4 rings (SSSR count). The third-order valence-electron chi connectivity index (χ3n) is 6.01.